The van der Waals surface area contributed by atoms with Crippen LogP contribution in [0.1, 0.15) is 24.2 Å². The molecule has 1 fully saturated rings. The monoisotopic (exact) mass is 240 g/mol. The predicted molar refractivity (Wildman–Crippen MR) is 61.8 cm³/mol. The van der Waals surface area contributed by atoms with E-state index in [4.69, 9.17) is 10.5 Å². The van der Waals surface area contributed by atoms with Crippen LogP contribution in [0.3, 0.4) is 0 Å². The Morgan fingerprint density at radius 1 is 1.44 bits per heavy atom. The number of imidazole rings is 1. The molecule has 0 aliphatic heterocycles. The van der Waals surface area contributed by atoms with Gasteiger partial charge in [-0.1, -0.05) is 0 Å². The maximum absolute atomic E-state index is 9.38. The Labute approximate surface area is 105 Å². The van der Waals surface area contributed by atoms with Crippen molar-refractivity contribution in [2.45, 2.75) is 24.9 Å². The van der Waals surface area contributed by atoms with E-state index in [-0.39, 0.29) is 11.4 Å². The molecule has 6 nitrogen and oxygen atoms in total. The van der Waals surface area contributed by atoms with Gasteiger partial charge < -0.3 is 9.88 Å². The summed E-state index contributed by atoms with van der Waals surface area (Å²) in [6, 6.07) is 6.14. The van der Waals surface area contributed by atoms with Crippen LogP contribution < -0.4 is 5.32 Å². The lowest BCUT2D eigenvalue weighted by Gasteiger charge is -2.26. The molecule has 1 aromatic rings. The zero-order chi connectivity index (χ0) is 13.2. The zero-order valence-corrected chi connectivity index (χ0v) is 10.0. The van der Waals surface area contributed by atoms with Gasteiger partial charge in [0.05, 0.1) is 18.9 Å². The fourth-order valence-electron chi connectivity index (χ4n) is 2.14. The Morgan fingerprint density at radius 3 is 2.61 bits per heavy atom. The van der Waals surface area contributed by atoms with Gasteiger partial charge in [0.1, 0.15) is 17.7 Å². The van der Waals surface area contributed by atoms with Crippen LogP contribution in [0.2, 0.25) is 0 Å². The number of aromatic nitrogens is 2. The van der Waals surface area contributed by atoms with Gasteiger partial charge in [0.2, 0.25) is 0 Å². The maximum atomic E-state index is 9.38. The number of nitriles is 3. The Bertz CT molecular complexity index is 577. The van der Waals surface area contributed by atoms with Gasteiger partial charge >= 0.3 is 0 Å². The molecule has 1 unspecified atom stereocenters. The molecule has 0 aromatic carbocycles. The summed E-state index contributed by atoms with van der Waals surface area (Å²) in [6.45, 7) is 0.336. The molecule has 0 radical (unpaired) electrons. The summed E-state index contributed by atoms with van der Waals surface area (Å²) < 4.78 is 1.58. The number of nitrogens with zero attached hydrogens (tertiary/aromatic N) is 5. The first-order valence-corrected chi connectivity index (χ1v) is 5.66. The van der Waals surface area contributed by atoms with Gasteiger partial charge in [0.25, 0.3) is 0 Å². The largest absolute Gasteiger partial charge is 0.318 e. The van der Waals surface area contributed by atoms with Crippen molar-refractivity contribution in [1.82, 2.24) is 14.9 Å². The van der Waals surface area contributed by atoms with E-state index < -0.39 is 5.54 Å². The Morgan fingerprint density at radius 2 is 2.17 bits per heavy atom. The topological polar surface area (TPSA) is 101 Å². The number of hydrogen-bond donors (Lipinski definition) is 1. The lowest BCUT2D eigenvalue weighted by Crippen LogP contribution is -2.47. The van der Waals surface area contributed by atoms with Gasteiger partial charge in [0, 0.05) is 0 Å². The minimum absolute atomic E-state index is 0.108. The molecule has 1 aliphatic rings. The summed E-state index contributed by atoms with van der Waals surface area (Å²) in [5.74, 6) is 0.298. The third-order valence-electron chi connectivity index (χ3n) is 3.39. The van der Waals surface area contributed by atoms with Crippen molar-refractivity contribution < 1.29 is 0 Å². The van der Waals surface area contributed by atoms with Crippen molar-refractivity contribution in [3.63, 3.8) is 0 Å². The molecule has 0 bridgehead atoms. The molecule has 2 rings (SSSR count). The van der Waals surface area contributed by atoms with Crippen molar-refractivity contribution in [1.29, 1.82) is 15.8 Å². The molecule has 1 N–H and O–H groups in total. The Kier molecular flexibility index (Phi) is 3.02. The van der Waals surface area contributed by atoms with Crippen molar-refractivity contribution in [3.8, 4) is 18.2 Å². The van der Waals surface area contributed by atoms with Crippen LogP contribution in [0.5, 0.6) is 0 Å². The minimum atomic E-state index is -0.682. The Hall–Kier alpha value is -2.36. The molecular formula is C12H12N6. The Balaban J connectivity index is 2.34. The van der Waals surface area contributed by atoms with Crippen molar-refractivity contribution >= 4 is 0 Å². The number of hydrogen-bond acceptors (Lipinski definition) is 5. The predicted octanol–water partition coefficient (Wildman–Crippen LogP) is 0.518. The van der Waals surface area contributed by atoms with Crippen molar-refractivity contribution in [3.05, 3.63) is 17.7 Å². The summed E-state index contributed by atoms with van der Waals surface area (Å²) in [5.41, 5.74) is -0.358. The molecular weight excluding hydrogens is 228 g/mol. The fraction of sp³-hybridized carbons (Fsp3) is 0.500. The average molecular weight is 240 g/mol. The summed E-state index contributed by atoms with van der Waals surface area (Å²) >= 11 is 0. The summed E-state index contributed by atoms with van der Waals surface area (Å²) in [5, 5.41) is 30.3. The quantitative estimate of drug-likeness (QED) is 0.826. The minimum Gasteiger partial charge on any atom is -0.318 e. The van der Waals surface area contributed by atoms with E-state index in [1.807, 2.05) is 12.1 Å². The van der Waals surface area contributed by atoms with E-state index in [1.165, 1.54) is 6.33 Å². The van der Waals surface area contributed by atoms with E-state index in [0.717, 1.165) is 12.8 Å². The molecule has 1 atom stereocenters. The highest BCUT2D eigenvalue weighted by Crippen LogP contribution is 2.40. The lowest BCUT2D eigenvalue weighted by atomic mass is 9.95. The molecule has 18 heavy (non-hydrogen) atoms. The molecule has 1 aromatic heterocycles. The molecule has 90 valence electrons. The van der Waals surface area contributed by atoms with Gasteiger partial charge in [-0.25, -0.2) is 4.98 Å². The highest BCUT2D eigenvalue weighted by Gasteiger charge is 2.45. The fourth-order valence-corrected chi connectivity index (χ4v) is 2.14. The van der Waals surface area contributed by atoms with Gasteiger partial charge in [-0.3, -0.25) is 0 Å². The second kappa shape index (κ2) is 4.49. The molecule has 0 saturated heterocycles. The summed E-state index contributed by atoms with van der Waals surface area (Å²) in [7, 11) is 1.75. The van der Waals surface area contributed by atoms with E-state index in [1.54, 1.807) is 11.6 Å². The maximum Gasteiger partial charge on any atom is 0.176 e. The van der Waals surface area contributed by atoms with Gasteiger partial charge in [-0.2, -0.15) is 15.8 Å². The van der Waals surface area contributed by atoms with E-state index >= 15 is 0 Å². The molecule has 1 aliphatic carbocycles. The van der Waals surface area contributed by atoms with Gasteiger partial charge in [0.15, 0.2) is 11.4 Å². The van der Waals surface area contributed by atoms with Gasteiger partial charge in [-0.05, 0) is 25.8 Å². The SMILES string of the molecule is CNC(C#N)(Cn1cnc(C#N)c1C#N)C1CC1. The summed E-state index contributed by atoms with van der Waals surface area (Å²) in [4.78, 5) is 3.88. The second-order valence-corrected chi connectivity index (χ2v) is 4.40. The number of nitrogens with one attached hydrogen (secondary N) is 1. The number of likely N-dealkylation sites (N-methyl/N-ethyl adjacent to an activating group) is 1. The molecule has 0 amide bonds. The second-order valence-electron chi connectivity index (χ2n) is 4.40. The van der Waals surface area contributed by atoms with E-state index in [9.17, 15) is 5.26 Å². The average Bonchev–Trinajstić information content (AvgIpc) is 3.18. The normalized spacial score (nSPS) is 17.2. The standard InChI is InChI=1S/C12H12N6/c1-16-12(6-15,9-2-3-9)7-18-8-17-10(4-13)11(18)5-14/h8-9,16H,2-3,7H2,1H3. The molecule has 1 heterocycles. The first-order chi connectivity index (χ1) is 8.70. The highest BCUT2D eigenvalue weighted by atomic mass is 15.1. The first-order valence-electron chi connectivity index (χ1n) is 5.66. The van der Waals surface area contributed by atoms with Crippen LogP contribution in [-0.4, -0.2) is 22.1 Å². The van der Waals surface area contributed by atoms with Crippen molar-refractivity contribution in [2.24, 2.45) is 5.92 Å². The smallest absolute Gasteiger partial charge is 0.176 e. The molecule has 0 spiro atoms. The lowest BCUT2D eigenvalue weighted by molar-refractivity contribution is 0.339. The third-order valence-corrected chi connectivity index (χ3v) is 3.39. The third kappa shape index (κ3) is 1.82. The number of rotatable bonds is 4. The van der Waals surface area contributed by atoms with Gasteiger partial charge in [-0.15, -0.1) is 0 Å². The highest BCUT2D eigenvalue weighted by molar-refractivity contribution is 5.36. The summed E-state index contributed by atoms with van der Waals surface area (Å²) in [6.07, 6.45) is 3.47. The molecule has 1 saturated carbocycles. The van der Waals surface area contributed by atoms with Crippen LogP contribution in [0.15, 0.2) is 6.33 Å². The van der Waals surface area contributed by atoms with Crippen LogP contribution in [0, 0.1) is 39.9 Å². The zero-order valence-electron chi connectivity index (χ0n) is 10.0. The van der Waals surface area contributed by atoms with Crippen LogP contribution >= 0.6 is 0 Å². The van der Waals surface area contributed by atoms with Crippen LogP contribution in [0.25, 0.3) is 0 Å². The van der Waals surface area contributed by atoms with E-state index in [2.05, 4.69) is 16.4 Å². The van der Waals surface area contributed by atoms with Crippen molar-refractivity contribution in [2.75, 3.05) is 7.05 Å². The molecule has 6 heteroatoms. The van der Waals surface area contributed by atoms with Crippen LogP contribution in [0.4, 0.5) is 0 Å². The first kappa shape index (κ1) is 12.1. The van der Waals surface area contributed by atoms with E-state index in [0.29, 0.717) is 12.5 Å². The van der Waals surface area contributed by atoms with Crippen LogP contribution in [-0.2, 0) is 6.54 Å².